The Morgan fingerprint density at radius 1 is 1.05 bits per heavy atom. The van der Waals surface area contributed by atoms with Crippen molar-refractivity contribution in [2.24, 2.45) is 0 Å². The number of aryl methyl sites for hydroxylation is 3. The second kappa shape index (κ2) is 4.72. The van der Waals surface area contributed by atoms with Crippen LogP contribution in [0.25, 0.3) is 5.69 Å². The summed E-state index contributed by atoms with van der Waals surface area (Å²) in [6.45, 7) is 5.48. The van der Waals surface area contributed by atoms with Gasteiger partial charge < -0.3 is 9.67 Å². The van der Waals surface area contributed by atoms with Crippen molar-refractivity contribution >= 4 is 5.97 Å². The Balaban J connectivity index is 2.64. The molecule has 1 heterocycles. The predicted octanol–water partition coefficient (Wildman–Crippen LogP) is 2.46. The fourth-order valence-corrected chi connectivity index (χ4v) is 2.29. The maximum atomic E-state index is 11.4. The van der Waals surface area contributed by atoms with E-state index in [0.29, 0.717) is 11.1 Å². The molecule has 1 aromatic heterocycles. The quantitative estimate of drug-likeness (QED) is 0.899. The van der Waals surface area contributed by atoms with Crippen LogP contribution in [0.4, 0.5) is 0 Å². The molecule has 0 radical (unpaired) electrons. The lowest BCUT2D eigenvalue weighted by molar-refractivity contribution is 0.0696. The molecule has 0 saturated heterocycles. The molecule has 0 aliphatic rings. The van der Waals surface area contributed by atoms with E-state index in [9.17, 15) is 9.59 Å². The zero-order valence-corrected chi connectivity index (χ0v) is 11.1. The van der Waals surface area contributed by atoms with Gasteiger partial charge in [-0.05, 0) is 44.5 Å². The first-order valence-corrected chi connectivity index (χ1v) is 5.95. The Hall–Kier alpha value is -2.36. The standard InChI is InChI=1S/C15H15NO3/c1-9-6-12(4-5-14(9)15(18)19)16-10(2)7-13(17)8-11(16)3/h4-8H,1-3H3,(H,18,19). The van der Waals surface area contributed by atoms with E-state index >= 15 is 0 Å². The molecule has 0 unspecified atom stereocenters. The Morgan fingerprint density at radius 2 is 1.63 bits per heavy atom. The zero-order valence-electron chi connectivity index (χ0n) is 11.1. The van der Waals surface area contributed by atoms with Crippen molar-refractivity contribution in [1.29, 1.82) is 0 Å². The van der Waals surface area contributed by atoms with Gasteiger partial charge in [-0.15, -0.1) is 0 Å². The molecule has 0 atom stereocenters. The average molecular weight is 257 g/mol. The molecule has 0 amide bonds. The van der Waals surface area contributed by atoms with Crippen LogP contribution in [0.5, 0.6) is 0 Å². The fraction of sp³-hybridized carbons (Fsp3) is 0.200. The van der Waals surface area contributed by atoms with Crippen LogP contribution in [-0.4, -0.2) is 15.6 Å². The molecular weight excluding hydrogens is 242 g/mol. The molecule has 1 aromatic carbocycles. The zero-order chi connectivity index (χ0) is 14.2. The number of nitrogens with zero attached hydrogens (tertiary/aromatic N) is 1. The summed E-state index contributed by atoms with van der Waals surface area (Å²) in [6, 6.07) is 8.28. The van der Waals surface area contributed by atoms with Crippen LogP contribution in [0.1, 0.15) is 27.3 Å². The number of benzene rings is 1. The molecule has 19 heavy (non-hydrogen) atoms. The Labute approximate surface area is 110 Å². The molecule has 2 aromatic rings. The Morgan fingerprint density at radius 3 is 2.11 bits per heavy atom. The summed E-state index contributed by atoms with van der Waals surface area (Å²) in [5.41, 5.74) is 3.48. The third-order valence-corrected chi connectivity index (χ3v) is 3.11. The number of hydrogen-bond donors (Lipinski definition) is 1. The van der Waals surface area contributed by atoms with E-state index in [-0.39, 0.29) is 5.43 Å². The number of carboxylic acids is 1. The topological polar surface area (TPSA) is 59.3 Å². The van der Waals surface area contributed by atoms with E-state index in [2.05, 4.69) is 0 Å². The third kappa shape index (κ3) is 2.42. The van der Waals surface area contributed by atoms with Gasteiger partial charge in [0.05, 0.1) is 5.56 Å². The highest BCUT2D eigenvalue weighted by Gasteiger charge is 2.09. The van der Waals surface area contributed by atoms with Crippen LogP contribution in [0, 0.1) is 20.8 Å². The first kappa shape index (κ1) is 13.1. The summed E-state index contributed by atoms with van der Waals surface area (Å²) in [5, 5.41) is 9.02. The van der Waals surface area contributed by atoms with Gasteiger partial charge in [-0.25, -0.2) is 4.79 Å². The second-order valence-corrected chi connectivity index (χ2v) is 4.61. The number of rotatable bonds is 2. The maximum Gasteiger partial charge on any atom is 0.335 e. The number of pyridine rings is 1. The van der Waals surface area contributed by atoms with Gasteiger partial charge in [0.2, 0.25) is 0 Å². The number of carbonyl (C=O) groups is 1. The number of aromatic carboxylic acids is 1. The van der Waals surface area contributed by atoms with Crippen LogP contribution >= 0.6 is 0 Å². The molecule has 98 valence electrons. The van der Waals surface area contributed by atoms with Crippen molar-refractivity contribution in [3.05, 3.63) is 63.1 Å². The fourth-order valence-electron chi connectivity index (χ4n) is 2.29. The van der Waals surface area contributed by atoms with Gasteiger partial charge in [0.25, 0.3) is 0 Å². The minimum absolute atomic E-state index is 0.0230. The largest absolute Gasteiger partial charge is 0.478 e. The first-order chi connectivity index (χ1) is 8.90. The normalized spacial score (nSPS) is 10.5. The van der Waals surface area contributed by atoms with Gasteiger partial charge >= 0.3 is 5.97 Å². The highest BCUT2D eigenvalue weighted by atomic mass is 16.4. The number of carboxylic acid groups (broad SMARTS) is 1. The predicted molar refractivity (Wildman–Crippen MR) is 73.2 cm³/mol. The minimum Gasteiger partial charge on any atom is -0.478 e. The van der Waals surface area contributed by atoms with Gasteiger partial charge in [0.15, 0.2) is 5.43 Å². The Bertz CT molecular complexity index is 688. The number of aromatic nitrogens is 1. The highest BCUT2D eigenvalue weighted by molar-refractivity contribution is 5.89. The van der Waals surface area contributed by atoms with Crippen LogP contribution < -0.4 is 5.43 Å². The van der Waals surface area contributed by atoms with Gasteiger partial charge in [0.1, 0.15) is 0 Å². The van der Waals surface area contributed by atoms with E-state index in [0.717, 1.165) is 17.1 Å². The van der Waals surface area contributed by atoms with Crippen LogP contribution in [-0.2, 0) is 0 Å². The summed E-state index contributed by atoms with van der Waals surface area (Å²) in [5.74, 6) is -0.933. The van der Waals surface area contributed by atoms with E-state index in [1.807, 2.05) is 24.5 Å². The maximum absolute atomic E-state index is 11.4. The molecule has 0 aliphatic heterocycles. The molecule has 4 nitrogen and oxygen atoms in total. The average Bonchev–Trinajstić information content (AvgIpc) is 2.26. The van der Waals surface area contributed by atoms with Crippen LogP contribution in [0.3, 0.4) is 0 Å². The van der Waals surface area contributed by atoms with Crippen molar-refractivity contribution in [1.82, 2.24) is 4.57 Å². The summed E-state index contributed by atoms with van der Waals surface area (Å²) in [7, 11) is 0. The molecular formula is C15H15NO3. The summed E-state index contributed by atoms with van der Waals surface area (Å²) in [4.78, 5) is 22.4. The molecule has 0 aliphatic carbocycles. The lowest BCUT2D eigenvalue weighted by Gasteiger charge is -2.15. The summed E-state index contributed by atoms with van der Waals surface area (Å²) < 4.78 is 1.93. The second-order valence-electron chi connectivity index (χ2n) is 4.61. The molecule has 0 bridgehead atoms. The first-order valence-electron chi connectivity index (χ1n) is 5.95. The molecule has 1 N–H and O–H groups in total. The van der Waals surface area contributed by atoms with Gasteiger partial charge in [-0.2, -0.15) is 0 Å². The molecule has 0 saturated carbocycles. The van der Waals surface area contributed by atoms with Gasteiger partial charge in [-0.3, -0.25) is 4.79 Å². The van der Waals surface area contributed by atoms with Crippen molar-refractivity contribution < 1.29 is 9.90 Å². The summed E-state index contributed by atoms with van der Waals surface area (Å²) >= 11 is 0. The molecule has 0 fully saturated rings. The van der Waals surface area contributed by atoms with E-state index in [1.165, 1.54) is 0 Å². The van der Waals surface area contributed by atoms with Crippen molar-refractivity contribution in [2.75, 3.05) is 0 Å². The number of hydrogen-bond acceptors (Lipinski definition) is 2. The van der Waals surface area contributed by atoms with Crippen molar-refractivity contribution in [3.63, 3.8) is 0 Å². The molecule has 0 spiro atoms. The lowest BCUT2D eigenvalue weighted by Crippen LogP contribution is -2.12. The smallest absolute Gasteiger partial charge is 0.335 e. The van der Waals surface area contributed by atoms with Crippen LogP contribution in [0.15, 0.2) is 35.1 Å². The van der Waals surface area contributed by atoms with E-state index in [1.54, 1.807) is 31.2 Å². The summed E-state index contributed by atoms with van der Waals surface area (Å²) in [6.07, 6.45) is 0. The third-order valence-electron chi connectivity index (χ3n) is 3.11. The van der Waals surface area contributed by atoms with Crippen LogP contribution in [0.2, 0.25) is 0 Å². The van der Waals surface area contributed by atoms with Gasteiger partial charge in [-0.1, -0.05) is 0 Å². The Kier molecular flexibility index (Phi) is 3.25. The minimum atomic E-state index is -0.933. The SMILES string of the molecule is Cc1cc(-n2c(C)cc(=O)cc2C)ccc1C(=O)O. The highest BCUT2D eigenvalue weighted by Crippen LogP contribution is 2.17. The van der Waals surface area contributed by atoms with E-state index in [4.69, 9.17) is 5.11 Å². The van der Waals surface area contributed by atoms with Crippen molar-refractivity contribution in [3.8, 4) is 5.69 Å². The monoisotopic (exact) mass is 257 g/mol. The molecule has 2 rings (SSSR count). The van der Waals surface area contributed by atoms with E-state index < -0.39 is 5.97 Å². The molecule has 4 heteroatoms. The lowest BCUT2D eigenvalue weighted by atomic mass is 10.1. The van der Waals surface area contributed by atoms with Gasteiger partial charge in [0, 0.05) is 29.2 Å². The van der Waals surface area contributed by atoms with Crippen molar-refractivity contribution in [2.45, 2.75) is 20.8 Å².